The van der Waals surface area contributed by atoms with Crippen LogP contribution in [-0.2, 0) is 39.4 Å². The third-order valence-electron chi connectivity index (χ3n) is 3.45. The van der Waals surface area contributed by atoms with Crippen molar-refractivity contribution in [3.63, 3.8) is 0 Å². The Hall–Kier alpha value is -1.77. The van der Waals surface area contributed by atoms with E-state index in [4.69, 9.17) is 47.6 Å². The summed E-state index contributed by atoms with van der Waals surface area (Å²) in [6.45, 7) is -0.544. The maximum atomic E-state index is 10.6. The van der Waals surface area contributed by atoms with Crippen LogP contribution in [-0.4, -0.2) is 152 Å². The van der Waals surface area contributed by atoms with E-state index in [2.05, 4.69) is 9.50 Å². The van der Waals surface area contributed by atoms with Crippen LogP contribution in [0, 0.1) is 0 Å². The van der Waals surface area contributed by atoms with E-state index < -0.39 is 88.7 Å². The van der Waals surface area contributed by atoms with E-state index in [1.54, 1.807) is 0 Å². The van der Waals surface area contributed by atoms with Gasteiger partial charge in [-0.15, -0.1) is 0 Å². The van der Waals surface area contributed by atoms with Crippen molar-refractivity contribution < 1.29 is 89.9 Å². The van der Waals surface area contributed by atoms with Crippen LogP contribution in [0.5, 0.6) is 0 Å². The lowest BCUT2D eigenvalue weighted by atomic mass is 10.0. The molecule has 216 valence electrons. The van der Waals surface area contributed by atoms with Crippen LogP contribution in [0.25, 0.3) is 0 Å². The summed E-state index contributed by atoms with van der Waals surface area (Å²) < 4.78 is 64.0. The first-order chi connectivity index (χ1) is 16.2. The van der Waals surface area contributed by atoms with Crippen molar-refractivity contribution in [2.75, 3.05) is 13.2 Å². The van der Waals surface area contributed by atoms with Crippen LogP contribution in [0.1, 0.15) is 6.92 Å². The third-order valence-corrected chi connectivity index (χ3v) is 3.92. The lowest BCUT2D eigenvalue weighted by Gasteiger charge is -2.25. The molecule has 0 aromatic heterocycles. The zero-order valence-electron chi connectivity index (χ0n) is 18.2. The Balaban J connectivity index is -0.000000510. The molecule has 0 aromatic carbocycles. The summed E-state index contributed by atoms with van der Waals surface area (Å²) in [5, 5.41) is 73.8. The van der Waals surface area contributed by atoms with Crippen molar-refractivity contribution in [3.8, 4) is 0 Å². The van der Waals surface area contributed by atoms with E-state index in [0.717, 1.165) is 6.92 Å². The molecule has 0 unspecified atom stereocenters. The second-order valence-corrected chi connectivity index (χ2v) is 8.34. The number of hydrogen-bond donors (Lipinski definition) is 12. The Morgan fingerprint density at radius 3 is 1.39 bits per heavy atom. The molecule has 0 spiro atoms. The Labute approximate surface area is 203 Å². The Morgan fingerprint density at radius 2 is 1.14 bits per heavy atom. The molecular weight excluding hydrogens is 550 g/mol. The summed E-state index contributed by atoms with van der Waals surface area (Å²) in [4.78, 5) is 31.4. The van der Waals surface area contributed by atoms with Crippen molar-refractivity contribution in [1.29, 1.82) is 0 Å². The molecule has 0 saturated carbocycles. The topological polar surface area (TPSA) is 363 Å². The molecule has 0 aliphatic rings. The minimum atomic E-state index is -4.99. The van der Waals surface area contributed by atoms with E-state index in [0.29, 0.717) is 0 Å². The number of amides is 1. The molecular formula is C14H29NO19S2. The number of aliphatic hydroxyl groups is 8. The average Bonchev–Trinajstić information content (AvgIpc) is 2.76. The number of carbonyl (C=O) groups is 3. The Bertz CT molecular complexity index is 840. The normalized spacial score (nSPS) is 18.2. The van der Waals surface area contributed by atoms with Gasteiger partial charge < -0.3 is 55.8 Å². The average molecular weight is 580 g/mol. The SMILES string of the molecule is CC(=O)N[C@@H](C=O)[C@@H](O)[C@H](O)[C@H](O)CO.O=C[C@H](OS(=O)(=O)O)[C@@H](O)[C@@H](O)[C@H](O)CO.O=S(=O)(O)O. The molecule has 0 rings (SSSR count). The van der Waals surface area contributed by atoms with Gasteiger partial charge in [0.05, 0.1) is 13.2 Å². The number of hydrogen-bond acceptors (Lipinski definition) is 16. The van der Waals surface area contributed by atoms with E-state index in [9.17, 15) is 38.1 Å². The molecule has 12 N–H and O–H groups in total. The highest BCUT2D eigenvalue weighted by Crippen LogP contribution is 2.08. The van der Waals surface area contributed by atoms with Gasteiger partial charge in [-0.3, -0.25) is 18.5 Å². The number of aldehydes is 2. The van der Waals surface area contributed by atoms with Crippen molar-refractivity contribution in [2.45, 2.75) is 55.7 Å². The van der Waals surface area contributed by atoms with Gasteiger partial charge in [0, 0.05) is 6.92 Å². The molecule has 36 heavy (non-hydrogen) atoms. The van der Waals surface area contributed by atoms with Gasteiger partial charge in [-0.25, -0.2) is 4.18 Å². The predicted molar refractivity (Wildman–Crippen MR) is 111 cm³/mol. The summed E-state index contributed by atoms with van der Waals surface area (Å²) in [5.41, 5.74) is 0. The fourth-order valence-corrected chi connectivity index (χ4v) is 2.25. The van der Waals surface area contributed by atoms with Gasteiger partial charge in [0.2, 0.25) is 5.91 Å². The van der Waals surface area contributed by atoms with Gasteiger partial charge in [0.1, 0.15) is 49.0 Å². The largest absolute Gasteiger partial charge is 0.398 e. The van der Waals surface area contributed by atoms with Gasteiger partial charge in [-0.1, -0.05) is 0 Å². The molecule has 8 atom stereocenters. The van der Waals surface area contributed by atoms with E-state index in [-0.39, 0.29) is 12.6 Å². The first kappa shape index (κ1) is 38.8. The minimum Gasteiger partial charge on any atom is -0.394 e. The third kappa shape index (κ3) is 20.4. The van der Waals surface area contributed by atoms with Gasteiger partial charge in [0.15, 0.2) is 12.4 Å². The molecule has 0 bridgehead atoms. The molecule has 0 heterocycles. The molecule has 0 fully saturated rings. The summed E-state index contributed by atoms with van der Waals surface area (Å²) >= 11 is 0. The molecule has 0 aliphatic carbocycles. The van der Waals surface area contributed by atoms with Crippen LogP contribution < -0.4 is 5.32 Å². The van der Waals surface area contributed by atoms with E-state index in [1.807, 2.05) is 0 Å². The van der Waals surface area contributed by atoms with Crippen LogP contribution >= 0.6 is 0 Å². The fraction of sp³-hybridized carbons (Fsp3) is 0.786. The van der Waals surface area contributed by atoms with Crippen molar-refractivity contribution in [3.05, 3.63) is 0 Å². The minimum absolute atomic E-state index is 0.189. The van der Waals surface area contributed by atoms with Crippen molar-refractivity contribution in [2.24, 2.45) is 0 Å². The maximum Gasteiger partial charge on any atom is 0.398 e. The van der Waals surface area contributed by atoms with Gasteiger partial charge in [-0.05, 0) is 0 Å². The van der Waals surface area contributed by atoms with Gasteiger partial charge in [0.25, 0.3) is 0 Å². The van der Waals surface area contributed by atoms with E-state index in [1.165, 1.54) is 0 Å². The molecule has 0 saturated heterocycles. The first-order valence-corrected chi connectivity index (χ1v) is 11.8. The second-order valence-electron chi connectivity index (χ2n) is 6.40. The standard InChI is InChI=1S/C8H15NO6.C6H12O9S.H2O4S/c1-4(12)9-5(2-10)7(14)8(15)6(13)3-11;7-1-3(9)5(10)6(11)4(2-8)15-16(12,13)14;1-5(2,3)4/h2,5-8,11,13-15H,3H2,1H3,(H,9,12);2-7,9-11H,1H2,(H,12,13,14);(H2,1,2,3,4)/t5-,6+,7+,8+;3-,4+,5+,6-;/m01./s1. The van der Waals surface area contributed by atoms with Crippen LogP contribution in [0.4, 0.5) is 0 Å². The number of nitrogens with one attached hydrogen (secondary N) is 1. The lowest BCUT2D eigenvalue weighted by Crippen LogP contribution is -2.53. The second kappa shape index (κ2) is 18.5. The highest BCUT2D eigenvalue weighted by molar-refractivity contribution is 7.81. The zero-order chi connectivity index (χ0) is 29.4. The van der Waals surface area contributed by atoms with E-state index >= 15 is 0 Å². The van der Waals surface area contributed by atoms with Crippen LogP contribution in [0.15, 0.2) is 0 Å². The highest BCUT2D eigenvalue weighted by atomic mass is 32.3. The van der Waals surface area contributed by atoms with Crippen molar-refractivity contribution >= 4 is 39.3 Å². The molecule has 0 aromatic rings. The molecule has 1 amide bonds. The summed E-state index contributed by atoms with van der Waals surface area (Å²) in [6.07, 6.45) is -12.9. The number of carbonyl (C=O) groups excluding carboxylic acids is 3. The van der Waals surface area contributed by atoms with Crippen LogP contribution in [0.3, 0.4) is 0 Å². The monoisotopic (exact) mass is 579 g/mol. The highest BCUT2D eigenvalue weighted by Gasteiger charge is 2.34. The van der Waals surface area contributed by atoms with Crippen LogP contribution in [0.2, 0.25) is 0 Å². The molecule has 0 aliphatic heterocycles. The Kier molecular flexibility index (Phi) is 19.9. The lowest BCUT2D eigenvalue weighted by molar-refractivity contribution is -0.133. The fourth-order valence-electron chi connectivity index (χ4n) is 1.81. The zero-order valence-corrected chi connectivity index (χ0v) is 19.8. The number of aliphatic hydroxyl groups excluding tert-OH is 8. The quantitative estimate of drug-likeness (QED) is 0.0711. The maximum absolute atomic E-state index is 10.6. The molecule has 0 radical (unpaired) electrons. The Morgan fingerprint density at radius 1 is 0.778 bits per heavy atom. The summed E-state index contributed by atoms with van der Waals surface area (Å²) in [6, 6.07) is -1.32. The van der Waals surface area contributed by atoms with Gasteiger partial charge in [-0.2, -0.15) is 16.8 Å². The summed E-state index contributed by atoms with van der Waals surface area (Å²) in [5.74, 6) is -0.558. The number of rotatable bonds is 13. The summed E-state index contributed by atoms with van der Waals surface area (Å²) in [7, 11) is -9.66. The first-order valence-electron chi connectivity index (χ1n) is 9.00. The predicted octanol–water partition coefficient (Wildman–Crippen LogP) is -7.44. The molecule has 20 nitrogen and oxygen atoms in total. The smallest absolute Gasteiger partial charge is 0.394 e. The molecule has 22 heteroatoms. The van der Waals surface area contributed by atoms with Gasteiger partial charge >= 0.3 is 20.8 Å². The van der Waals surface area contributed by atoms with Crippen molar-refractivity contribution in [1.82, 2.24) is 5.32 Å².